The Kier molecular flexibility index (Phi) is 3.84. The van der Waals surface area contributed by atoms with Gasteiger partial charge in [0.05, 0.1) is 10.7 Å². The van der Waals surface area contributed by atoms with Gasteiger partial charge in [0.15, 0.2) is 0 Å². The summed E-state index contributed by atoms with van der Waals surface area (Å²) in [7, 11) is 0. The van der Waals surface area contributed by atoms with Gasteiger partial charge < -0.3 is 10.6 Å². The number of halogens is 2. The molecule has 0 spiro atoms. The summed E-state index contributed by atoms with van der Waals surface area (Å²) in [6.07, 6.45) is 2.06. The molecule has 1 aromatic carbocycles. The molecule has 1 aliphatic rings. The lowest BCUT2D eigenvalue weighted by Crippen LogP contribution is -2.27. The number of hydrogen-bond donors (Lipinski definition) is 2. The molecule has 0 saturated carbocycles. The number of carbonyl (C=O) groups is 1. The Bertz CT molecular complexity index is 405. The summed E-state index contributed by atoms with van der Waals surface area (Å²) in [5.41, 5.74) is 0.286. The van der Waals surface area contributed by atoms with E-state index >= 15 is 0 Å². The lowest BCUT2D eigenvalue weighted by Gasteiger charge is -2.18. The number of nitrogens with one attached hydrogen (secondary N) is 2. The predicted molar refractivity (Wildman–Crippen MR) is 65.7 cm³/mol. The predicted octanol–water partition coefficient (Wildman–Crippen LogP) is 2.56. The average Bonchev–Trinajstić information content (AvgIpc) is 2.48. The van der Waals surface area contributed by atoms with E-state index in [0.717, 1.165) is 12.8 Å². The van der Waals surface area contributed by atoms with E-state index in [1.165, 1.54) is 6.07 Å². The summed E-state index contributed by atoms with van der Waals surface area (Å²) in [5, 5.41) is 6.15. The van der Waals surface area contributed by atoms with Crippen molar-refractivity contribution in [2.45, 2.75) is 25.3 Å². The van der Waals surface area contributed by atoms with Crippen molar-refractivity contribution in [3.05, 3.63) is 29.0 Å². The highest BCUT2D eigenvalue weighted by atomic mass is 35.5. The number of benzene rings is 1. The van der Waals surface area contributed by atoms with Gasteiger partial charge >= 0.3 is 0 Å². The zero-order valence-corrected chi connectivity index (χ0v) is 10.1. The number of carbonyl (C=O) groups excluding carboxylic acids is 1. The zero-order chi connectivity index (χ0) is 12.3. The highest BCUT2D eigenvalue weighted by molar-refractivity contribution is 6.33. The van der Waals surface area contributed by atoms with Crippen LogP contribution in [0.5, 0.6) is 0 Å². The quantitative estimate of drug-likeness (QED) is 0.854. The van der Waals surface area contributed by atoms with E-state index in [9.17, 15) is 9.18 Å². The second-order valence-electron chi connectivity index (χ2n) is 4.13. The van der Waals surface area contributed by atoms with Crippen LogP contribution in [0.4, 0.5) is 10.1 Å². The standard InChI is InChI=1S/C12H14ClFN2O/c13-9-4-1-5-10(14)12(9)16-8-3-2-6-15-11(17)7-8/h1,4-5,8,16H,2-3,6-7H2,(H,15,17). The Balaban J connectivity index is 2.11. The van der Waals surface area contributed by atoms with Crippen LogP contribution in [-0.2, 0) is 4.79 Å². The highest BCUT2D eigenvalue weighted by Gasteiger charge is 2.19. The van der Waals surface area contributed by atoms with Crippen LogP contribution >= 0.6 is 11.6 Å². The molecule has 1 heterocycles. The van der Waals surface area contributed by atoms with Crippen LogP contribution in [0.2, 0.25) is 5.02 Å². The summed E-state index contributed by atoms with van der Waals surface area (Å²) >= 11 is 5.92. The third-order valence-corrected chi connectivity index (χ3v) is 3.11. The lowest BCUT2D eigenvalue weighted by molar-refractivity contribution is -0.120. The molecule has 1 atom stereocenters. The van der Waals surface area contributed by atoms with Crippen LogP contribution in [0, 0.1) is 5.82 Å². The van der Waals surface area contributed by atoms with Crippen molar-refractivity contribution < 1.29 is 9.18 Å². The van der Waals surface area contributed by atoms with Crippen LogP contribution in [0.3, 0.4) is 0 Å². The lowest BCUT2D eigenvalue weighted by atomic mass is 10.1. The minimum absolute atomic E-state index is 0.00698. The van der Waals surface area contributed by atoms with Crippen molar-refractivity contribution in [1.29, 1.82) is 0 Å². The van der Waals surface area contributed by atoms with Crippen LogP contribution in [0.15, 0.2) is 18.2 Å². The first-order chi connectivity index (χ1) is 8.16. The maximum absolute atomic E-state index is 13.6. The van der Waals surface area contributed by atoms with Crippen LogP contribution in [-0.4, -0.2) is 18.5 Å². The number of para-hydroxylation sites is 1. The molecule has 0 aliphatic carbocycles. The molecule has 0 bridgehead atoms. The molecule has 2 rings (SSSR count). The topological polar surface area (TPSA) is 41.1 Å². The molecule has 17 heavy (non-hydrogen) atoms. The summed E-state index contributed by atoms with van der Waals surface area (Å²) in [6, 6.07) is 4.48. The Morgan fingerprint density at radius 3 is 3.06 bits per heavy atom. The number of amides is 1. The molecule has 0 radical (unpaired) electrons. The van der Waals surface area contributed by atoms with Crippen molar-refractivity contribution in [3.8, 4) is 0 Å². The maximum atomic E-state index is 13.6. The Hall–Kier alpha value is -1.29. The Morgan fingerprint density at radius 1 is 1.47 bits per heavy atom. The Morgan fingerprint density at radius 2 is 2.29 bits per heavy atom. The maximum Gasteiger partial charge on any atom is 0.222 e. The summed E-state index contributed by atoms with van der Waals surface area (Å²) in [5.74, 6) is -0.394. The molecule has 1 amide bonds. The molecule has 1 aromatic rings. The second kappa shape index (κ2) is 5.36. The van der Waals surface area contributed by atoms with E-state index < -0.39 is 0 Å². The monoisotopic (exact) mass is 256 g/mol. The van der Waals surface area contributed by atoms with Gasteiger partial charge in [-0.2, -0.15) is 0 Å². The van der Waals surface area contributed by atoms with E-state index in [0.29, 0.717) is 18.0 Å². The first-order valence-electron chi connectivity index (χ1n) is 5.64. The van der Waals surface area contributed by atoms with Gasteiger partial charge in [0.2, 0.25) is 5.91 Å². The second-order valence-corrected chi connectivity index (χ2v) is 4.54. The SMILES string of the molecule is O=C1CC(Nc2c(F)cccc2Cl)CCCN1. The number of anilines is 1. The average molecular weight is 257 g/mol. The number of rotatable bonds is 2. The van der Waals surface area contributed by atoms with Crippen molar-refractivity contribution in [1.82, 2.24) is 5.32 Å². The summed E-state index contributed by atoms with van der Waals surface area (Å²) < 4.78 is 13.6. The largest absolute Gasteiger partial charge is 0.378 e. The first-order valence-corrected chi connectivity index (χ1v) is 6.02. The minimum Gasteiger partial charge on any atom is -0.378 e. The van der Waals surface area contributed by atoms with E-state index in [4.69, 9.17) is 11.6 Å². The minimum atomic E-state index is -0.387. The highest BCUT2D eigenvalue weighted by Crippen LogP contribution is 2.26. The summed E-state index contributed by atoms with van der Waals surface area (Å²) in [6.45, 7) is 0.683. The van der Waals surface area contributed by atoms with E-state index in [1.807, 2.05) is 0 Å². The fraction of sp³-hybridized carbons (Fsp3) is 0.417. The molecule has 1 saturated heterocycles. The zero-order valence-electron chi connectivity index (χ0n) is 9.30. The van der Waals surface area contributed by atoms with Gasteiger partial charge in [-0.1, -0.05) is 17.7 Å². The van der Waals surface area contributed by atoms with Crippen LogP contribution in [0.1, 0.15) is 19.3 Å². The number of hydrogen-bond acceptors (Lipinski definition) is 2. The molecule has 5 heteroatoms. The van der Waals surface area contributed by atoms with Gasteiger partial charge in [-0.05, 0) is 25.0 Å². The van der Waals surface area contributed by atoms with Gasteiger partial charge in [-0.15, -0.1) is 0 Å². The normalized spacial score (nSPS) is 20.6. The first kappa shape index (κ1) is 12.2. The third-order valence-electron chi connectivity index (χ3n) is 2.79. The summed E-state index contributed by atoms with van der Waals surface area (Å²) in [4.78, 5) is 11.4. The van der Waals surface area contributed by atoms with Gasteiger partial charge in [0.25, 0.3) is 0 Å². The van der Waals surface area contributed by atoms with Gasteiger partial charge in [0.1, 0.15) is 5.82 Å². The molecule has 3 nitrogen and oxygen atoms in total. The molecule has 2 N–H and O–H groups in total. The smallest absolute Gasteiger partial charge is 0.222 e. The Labute approximate surface area is 104 Å². The van der Waals surface area contributed by atoms with Crippen LogP contribution in [0.25, 0.3) is 0 Å². The van der Waals surface area contributed by atoms with Gasteiger partial charge in [0, 0.05) is 19.0 Å². The molecule has 0 aromatic heterocycles. The molecular formula is C12H14ClFN2O. The third kappa shape index (κ3) is 3.09. The van der Waals surface area contributed by atoms with Gasteiger partial charge in [-0.25, -0.2) is 4.39 Å². The van der Waals surface area contributed by atoms with Crippen molar-refractivity contribution in [2.75, 3.05) is 11.9 Å². The van der Waals surface area contributed by atoms with Crippen molar-refractivity contribution in [3.63, 3.8) is 0 Å². The molecule has 1 aliphatic heterocycles. The van der Waals surface area contributed by atoms with Crippen molar-refractivity contribution in [2.24, 2.45) is 0 Å². The van der Waals surface area contributed by atoms with Crippen LogP contribution < -0.4 is 10.6 Å². The molecule has 1 unspecified atom stereocenters. The fourth-order valence-electron chi connectivity index (χ4n) is 1.94. The van der Waals surface area contributed by atoms with E-state index in [-0.39, 0.29) is 23.5 Å². The fourth-order valence-corrected chi connectivity index (χ4v) is 2.15. The van der Waals surface area contributed by atoms with E-state index in [2.05, 4.69) is 10.6 Å². The molecule has 1 fully saturated rings. The van der Waals surface area contributed by atoms with Crippen molar-refractivity contribution >= 4 is 23.2 Å². The van der Waals surface area contributed by atoms with Gasteiger partial charge in [-0.3, -0.25) is 4.79 Å². The van der Waals surface area contributed by atoms with E-state index in [1.54, 1.807) is 12.1 Å². The molecular weight excluding hydrogens is 243 g/mol. The molecule has 92 valence electrons.